The highest BCUT2D eigenvalue weighted by molar-refractivity contribution is 9.10. The number of para-hydroxylation sites is 1. The van der Waals surface area contributed by atoms with Crippen LogP contribution in [0.1, 0.15) is 18.1 Å². The van der Waals surface area contributed by atoms with Gasteiger partial charge in [0.1, 0.15) is 6.61 Å². The molecule has 0 aromatic heterocycles. The van der Waals surface area contributed by atoms with Gasteiger partial charge in [-0.25, -0.2) is 0 Å². The minimum Gasteiger partial charge on any atom is -0.490 e. The third-order valence-corrected chi connectivity index (χ3v) is 7.43. The molecule has 1 amide bonds. The van der Waals surface area contributed by atoms with Gasteiger partial charge in [0.2, 0.25) is 0 Å². The Bertz CT molecular complexity index is 1280. The summed E-state index contributed by atoms with van der Waals surface area (Å²) in [7, 11) is 0. The van der Waals surface area contributed by atoms with Gasteiger partial charge in [0.15, 0.2) is 15.8 Å². The van der Waals surface area contributed by atoms with Gasteiger partial charge in [-0.2, -0.15) is 0 Å². The molecule has 0 radical (unpaired) electrons. The highest BCUT2D eigenvalue weighted by Gasteiger charge is 2.33. The van der Waals surface area contributed by atoms with E-state index in [-0.39, 0.29) is 12.5 Å². The van der Waals surface area contributed by atoms with Crippen LogP contribution >= 0.6 is 63.1 Å². The molecule has 0 spiro atoms. The molecule has 0 N–H and O–H groups in total. The first-order valence-corrected chi connectivity index (χ1v) is 13.0. The molecular weight excluding hydrogens is 577 g/mol. The number of carbonyl (C=O) groups excluding carboxylic acids is 1. The van der Waals surface area contributed by atoms with Crippen LogP contribution in [-0.4, -0.2) is 16.8 Å². The largest absolute Gasteiger partial charge is 0.490 e. The van der Waals surface area contributed by atoms with E-state index in [1.807, 2.05) is 55.5 Å². The first-order chi connectivity index (χ1) is 16.4. The summed E-state index contributed by atoms with van der Waals surface area (Å²) in [6.45, 7) is 2.60. The number of nitrogens with zero attached hydrogens (tertiary/aromatic N) is 1. The van der Waals surface area contributed by atoms with Crippen molar-refractivity contribution < 1.29 is 14.3 Å². The summed E-state index contributed by atoms with van der Waals surface area (Å²) in [4.78, 5) is 15.1. The molecule has 4 nitrogen and oxygen atoms in total. The fourth-order valence-corrected chi connectivity index (χ4v) is 5.44. The van der Waals surface area contributed by atoms with Crippen LogP contribution in [0, 0.1) is 0 Å². The zero-order chi connectivity index (χ0) is 24.2. The summed E-state index contributed by atoms with van der Waals surface area (Å²) in [5, 5.41) is 1.09. The third kappa shape index (κ3) is 5.61. The van der Waals surface area contributed by atoms with Gasteiger partial charge in [0.25, 0.3) is 5.91 Å². The number of carbonyl (C=O) groups is 1. The fourth-order valence-electron chi connectivity index (χ4n) is 3.25. The van der Waals surface area contributed by atoms with E-state index in [2.05, 4.69) is 15.9 Å². The molecule has 1 aliphatic heterocycles. The third-order valence-electron chi connectivity index (χ3n) is 4.86. The number of hydrogen-bond acceptors (Lipinski definition) is 5. The summed E-state index contributed by atoms with van der Waals surface area (Å²) >= 11 is 22.6. The Balaban J connectivity index is 1.60. The van der Waals surface area contributed by atoms with Crippen LogP contribution in [0.5, 0.6) is 11.5 Å². The normalized spacial score (nSPS) is 14.7. The molecule has 1 heterocycles. The number of halogens is 3. The first kappa shape index (κ1) is 25.1. The second-order valence-corrected chi connectivity index (χ2v) is 10.5. The fraction of sp³-hybridized carbons (Fsp3) is 0.120. The Morgan fingerprint density at radius 3 is 2.50 bits per heavy atom. The predicted octanol–water partition coefficient (Wildman–Crippen LogP) is 8.14. The molecule has 0 bridgehead atoms. The Morgan fingerprint density at radius 2 is 1.79 bits per heavy atom. The molecule has 174 valence electrons. The van der Waals surface area contributed by atoms with Gasteiger partial charge < -0.3 is 9.47 Å². The molecule has 3 aromatic carbocycles. The van der Waals surface area contributed by atoms with E-state index in [0.717, 1.165) is 21.3 Å². The van der Waals surface area contributed by atoms with Crippen molar-refractivity contribution in [2.45, 2.75) is 13.5 Å². The maximum Gasteiger partial charge on any atom is 0.270 e. The van der Waals surface area contributed by atoms with E-state index < -0.39 is 0 Å². The van der Waals surface area contributed by atoms with Crippen LogP contribution in [0.25, 0.3) is 6.08 Å². The van der Waals surface area contributed by atoms with Gasteiger partial charge in [-0.1, -0.05) is 87.4 Å². The Hall–Kier alpha value is -2.03. The van der Waals surface area contributed by atoms with Gasteiger partial charge >= 0.3 is 0 Å². The SMILES string of the molecule is CCOc1cc(/C=C2/SC(=S)N(c3ccccc3)C2=O)c(Br)cc1OCc1ccc(Cl)cc1Cl. The molecule has 0 unspecified atom stereocenters. The van der Waals surface area contributed by atoms with Gasteiger partial charge in [0, 0.05) is 20.1 Å². The Kier molecular flexibility index (Phi) is 8.22. The van der Waals surface area contributed by atoms with Gasteiger partial charge in [-0.05, 0) is 55.0 Å². The molecule has 9 heteroatoms. The predicted molar refractivity (Wildman–Crippen MR) is 148 cm³/mol. The molecular formula is C25H18BrCl2NO3S2. The average molecular weight is 595 g/mol. The molecule has 34 heavy (non-hydrogen) atoms. The number of amides is 1. The van der Waals surface area contributed by atoms with Crippen molar-refractivity contribution in [3.05, 3.63) is 91.2 Å². The average Bonchev–Trinajstić information content (AvgIpc) is 3.09. The van der Waals surface area contributed by atoms with Crippen LogP contribution < -0.4 is 14.4 Å². The molecule has 0 saturated carbocycles. The van der Waals surface area contributed by atoms with Crippen molar-refractivity contribution in [2.75, 3.05) is 11.5 Å². The highest BCUT2D eigenvalue weighted by atomic mass is 79.9. The number of benzene rings is 3. The lowest BCUT2D eigenvalue weighted by Gasteiger charge is -2.15. The second-order valence-electron chi connectivity index (χ2n) is 7.13. The van der Waals surface area contributed by atoms with Gasteiger partial charge in [-0.3, -0.25) is 9.69 Å². The monoisotopic (exact) mass is 593 g/mol. The summed E-state index contributed by atoms with van der Waals surface area (Å²) in [5.41, 5.74) is 2.32. The molecule has 0 aliphatic carbocycles. The topological polar surface area (TPSA) is 38.8 Å². The summed E-state index contributed by atoms with van der Waals surface area (Å²) in [5.74, 6) is 0.943. The minimum atomic E-state index is -0.163. The van der Waals surface area contributed by atoms with E-state index in [1.165, 1.54) is 16.7 Å². The van der Waals surface area contributed by atoms with Crippen LogP contribution in [0.2, 0.25) is 10.0 Å². The van der Waals surface area contributed by atoms with Crippen LogP contribution in [-0.2, 0) is 11.4 Å². The minimum absolute atomic E-state index is 0.163. The van der Waals surface area contributed by atoms with Gasteiger partial charge in [0.05, 0.1) is 17.2 Å². The smallest absolute Gasteiger partial charge is 0.270 e. The maximum absolute atomic E-state index is 13.1. The number of hydrogen-bond donors (Lipinski definition) is 0. The Labute approximate surface area is 226 Å². The van der Waals surface area contributed by atoms with E-state index >= 15 is 0 Å². The van der Waals surface area contributed by atoms with Crippen LogP contribution in [0.3, 0.4) is 0 Å². The molecule has 1 saturated heterocycles. The molecule has 1 aliphatic rings. The first-order valence-electron chi connectivity index (χ1n) is 10.2. The second kappa shape index (κ2) is 11.1. The quantitative estimate of drug-likeness (QED) is 0.204. The van der Waals surface area contributed by atoms with Crippen molar-refractivity contribution >= 4 is 85.1 Å². The van der Waals surface area contributed by atoms with Gasteiger partial charge in [-0.15, -0.1) is 0 Å². The number of rotatable bonds is 7. The molecule has 1 fully saturated rings. The highest BCUT2D eigenvalue weighted by Crippen LogP contribution is 2.40. The number of anilines is 1. The summed E-state index contributed by atoms with van der Waals surface area (Å²) in [6, 6.07) is 18.3. The van der Waals surface area contributed by atoms with Crippen molar-refractivity contribution in [1.29, 1.82) is 0 Å². The zero-order valence-electron chi connectivity index (χ0n) is 17.9. The van der Waals surface area contributed by atoms with Crippen LogP contribution in [0.4, 0.5) is 5.69 Å². The van der Waals surface area contributed by atoms with E-state index in [1.54, 1.807) is 18.2 Å². The van der Waals surface area contributed by atoms with E-state index in [0.29, 0.717) is 37.4 Å². The standard InChI is InChI=1S/C25H18BrCl2NO3S2/c1-2-31-21-10-16(11-23-24(30)29(25(33)34-23)18-6-4-3-5-7-18)19(26)13-22(21)32-14-15-8-9-17(27)12-20(15)28/h3-13H,2,14H2,1H3/b23-11+. The molecule has 0 atom stereocenters. The van der Waals surface area contributed by atoms with Crippen molar-refractivity contribution in [1.82, 2.24) is 0 Å². The summed E-state index contributed by atoms with van der Waals surface area (Å²) < 4.78 is 13.1. The maximum atomic E-state index is 13.1. The number of thiocarbonyl (C=S) groups is 1. The van der Waals surface area contributed by atoms with E-state index in [9.17, 15) is 4.79 Å². The Morgan fingerprint density at radius 1 is 1.06 bits per heavy atom. The van der Waals surface area contributed by atoms with Crippen molar-refractivity contribution in [2.24, 2.45) is 0 Å². The van der Waals surface area contributed by atoms with E-state index in [4.69, 9.17) is 44.9 Å². The molecule has 4 rings (SSSR count). The van der Waals surface area contributed by atoms with Crippen molar-refractivity contribution in [3.8, 4) is 11.5 Å². The van der Waals surface area contributed by atoms with Crippen LogP contribution in [0.15, 0.2) is 70.0 Å². The summed E-state index contributed by atoms with van der Waals surface area (Å²) in [6.07, 6.45) is 1.80. The number of ether oxygens (including phenoxy) is 2. The zero-order valence-corrected chi connectivity index (χ0v) is 22.6. The lowest BCUT2D eigenvalue weighted by Crippen LogP contribution is -2.27. The van der Waals surface area contributed by atoms with Crippen molar-refractivity contribution in [3.63, 3.8) is 0 Å². The lowest BCUT2D eigenvalue weighted by atomic mass is 10.1. The number of thioether (sulfide) groups is 1. The molecule has 3 aromatic rings. The lowest BCUT2D eigenvalue weighted by molar-refractivity contribution is -0.113.